The van der Waals surface area contributed by atoms with Crippen molar-refractivity contribution in [1.82, 2.24) is 5.01 Å². The van der Waals surface area contributed by atoms with E-state index in [4.69, 9.17) is 14.2 Å². The third-order valence-electron chi connectivity index (χ3n) is 5.10. The highest BCUT2D eigenvalue weighted by Crippen LogP contribution is 2.39. The molecule has 3 aromatic carbocycles. The molecule has 0 aliphatic carbocycles. The molecule has 0 saturated carbocycles. The van der Waals surface area contributed by atoms with Gasteiger partial charge >= 0.3 is 5.97 Å². The largest absolute Gasteiger partial charge is 0.488 e. The molecule has 1 heterocycles. The first kappa shape index (κ1) is 24.9. The number of hydrogen-bond donors (Lipinski definition) is 0. The molecule has 1 atom stereocenters. The van der Waals surface area contributed by atoms with Gasteiger partial charge in [0.2, 0.25) is 18.0 Å². The number of carbonyl (C=O) groups excluding carboxylic acids is 2. The molecule has 184 valence electrons. The second-order valence-corrected chi connectivity index (χ2v) is 8.64. The van der Waals surface area contributed by atoms with E-state index >= 15 is 0 Å². The van der Waals surface area contributed by atoms with Gasteiger partial charge in [0.15, 0.2) is 0 Å². The fourth-order valence-corrected chi connectivity index (χ4v) is 3.88. The molecule has 0 unspecified atom stereocenters. The zero-order valence-electron chi connectivity index (χ0n) is 19.2. The lowest BCUT2D eigenvalue weighted by atomic mass is 10.1. The number of carbonyl (C=O) groups is 2. The summed E-state index contributed by atoms with van der Waals surface area (Å²) in [6, 6.07) is 18.5. The Labute approximate surface area is 214 Å². The van der Waals surface area contributed by atoms with Gasteiger partial charge in [0.05, 0.1) is 16.1 Å². The van der Waals surface area contributed by atoms with Crippen LogP contribution in [-0.2, 0) is 20.9 Å². The van der Waals surface area contributed by atoms with Crippen LogP contribution in [0.25, 0.3) is 0 Å². The van der Waals surface area contributed by atoms with Gasteiger partial charge in [-0.05, 0) is 29.8 Å². The molecule has 0 aromatic heterocycles. The number of nitro groups is 1. The molecule has 36 heavy (non-hydrogen) atoms. The average Bonchev–Trinajstić information content (AvgIpc) is 3.29. The lowest BCUT2D eigenvalue weighted by Crippen LogP contribution is -2.25. The van der Waals surface area contributed by atoms with Crippen molar-refractivity contribution < 1.29 is 28.7 Å². The topological polar surface area (TPSA) is 121 Å². The van der Waals surface area contributed by atoms with Crippen molar-refractivity contribution in [2.24, 2.45) is 5.10 Å². The molecule has 4 rings (SSSR count). The molecule has 0 spiro atoms. The second-order valence-electron chi connectivity index (χ2n) is 7.73. The van der Waals surface area contributed by atoms with Crippen molar-refractivity contribution >= 4 is 39.4 Å². The average molecular weight is 554 g/mol. The summed E-state index contributed by atoms with van der Waals surface area (Å²) in [6.45, 7) is 2.79. The zero-order chi connectivity index (χ0) is 25.8. The Bertz CT molecular complexity index is 1360. The molecule has 11 heteroatoms. The first-order valence-corrected chi connectivity index (χ1v) is 11.5. The Kier molecular flexibility index (Phi) is 7.30. The number of hydrogen-bond acceptors (Lipinski definition) is 8. The number of esters is 1. The third kappa shape index (κ3) is 5.52. The quantitative estimate of drug-likeness (QED) is 0.172. The molecule has 1 aliphatic rings. The number of non-ortho nitro benzene ring substituents is 1. The summed E-state index contributed by atoms with van der Waals surface area (Å²) in [5, 5.41) is 16.7. The van der Waals surface area contributed by atoms with Gasteiger partial charge in [-0.3, -0.25) is 19.7 Å². The predicted molar refractivity (Wildman–Crippen MR) is 132 cm³/mol. The molecule has 0 fully saturated rings. The summed E-state index contributed by atoms with van der Waals surface area (Å²) in [4.78, 5) is 34.9. The van der Waals surface area contributed by atoms with Gasteiger partial charge < -0.3 is 14.2 Å². The molecular weight excluding hydrogens is 534 g/mol. The van der Waals surface area contributed by atoms with E-state index in [-0.39, 0.29) is 29.5 Å². The second kappa shape index (κ2) is 10.6. The monoisotopic (exact) mass is 553 g/mol. The van der Waals surface area contributed by atoms with Crippen LogP contribution in [0.4, 0.5) is 5.69 Å². The van der Waals surface area contributed by atoms with Crippen LogP contribution in [0.2, 0.25) is 0 Å². The van der Waals surface area contributed by atoms with Crippen molar-refractivity contribution in [1.29, 1.82) is 0 Å². The van der Waals surface area contributed by atoms with Gasteiger partial charge in [-0.25, -0.2) is 0 Å². The Hall–Kier alpha value is -4.25. The van der Waals surface area contributed by atoms with E-state index in [2.05, 4.69) is 21.0 Å². The highest BCUT2D eigenvalue weighted by atomic mass is 79.9. The van der Waals surface area contributed by atoms with Gasteiger partial charge in [0.1, 0.15) is 18.1 Å². The molecule has 0 saturated heterocycles. The summed E-state index contributed by atoms with van der Waals surface area (Å²) in [5.41, 5.74) is 1.23. The number of rotatable bonds is 7. The van der Waals surface area contributed by atoms with Gasteiger partial charge in [-0.1, -0.05) is 46.3 Å². The number of nitrogens with zero attached hydrogens (tertiary/aromatic N) is 3. The summed E-state index contributed by atoms with van der Waals surface area (Å²) in [7, 11) is 0. The molecule has 0 radical (unpaired) electrons. The molecule has 0 bridgehead atoms. The van der Waals surface area contributed by atoms with Gasteiger partial charge in [-0.15, -0.1) is 5.10 Å². The Balaban J connectivity index is 1.72. The molecule has 3 aromatic rings. The van der Waals surface area contributed by atoms with Crippen molar-refractivity contribution in [3.05, 3.63) is 98.0 Å². The zero-order valence-corrected chi connectivity index (χ0v) is 20.8. The van der Waals surface area contributed by atoms with Crippen LogP contribution in [-0.4, -0.2) is 27.7 Å². The van der Waals surface area contributed by atoms with Gasteiger partial charge in [0.25, 0.3) is 5.69 Å². The van der Waals surface area contributed by atoms with Gasteiger partial charge in [0, 0.05) is 30.5 Å². The maximum atomic E-state index is 12.5. The maximum Gasteiger partial charge on any atom is 0.308 e. The van der Waals surface area contributed by atoms with Gasteiger partial charge in [-0.2, -0.15) is 5.01 Å². The lowest BCUT2D eigenvalue weighted by Gasteiger charge is -2.22. The minimum Gasteiger partial charge on any atom is -0.488 e. The minimum absolute atomic E-state index is 0.00537. The number of amides is 1. The van der Waals surface area contributed by atoms with Crippen molar-refractivity contribution in [2.75, 3.05) is 0 Å². The standard InChI is InChI=1S/C25H20BrN3O7/c1-15(30)28-25(21-12-18(26)8-10-22(21)34-14-17-6-4-3-5-7-17)36-24(27-28)20-13-19(29(32)33)9-11-23(20)35-16(2)31/h3-13,25H,14H2,1-2H3/t25-/m1/s1. The number of hydrazone groups is 1. The third-order valence-corrected chi connectivity index (χ3v) is 5.59. The first-order valence-electron chi connectivity index (χ1n) is 10.7. The predicted octanol–water partition coefficient (Wildman–Crippen LogP) is 5.10. The van der Waals surface area contributed by atoms with Crippen LogP contribution in [0.3, 0.4) is 0 Å². The SMILES string of the molecule is CC(=O)Oc1ccc([N+](=O)[O-])cc1C1=NN(C(C)=O)[C@@H](c2cc(Br)ccc2OCc2ccccc2)O1. The number of halogens is 1. The van der Waals surface area contributed by atoms with Crippen molar-refractivity contribution in [2.45, 2.75) is 26.7 Å². The van der Waals surface area contributed by atoms with E-state index in [1.807, 2.05) is 30.3 Å². The normalized spacial score (nSPS) is 14.6. The van der Waals surface area contributed by atoms with Crippen LogP contribution in [0, 0.1) is 10.1 Å². The maximum absolute atomic E-state index is 12.5. The highest BCUT2D eigenvalue weighted by molar-refractivity contribution is 9.10. The van der Waals surface area contributed by atoms with E-state index in [1.165, 1.54) is 32.0 Å². The fraction of sp³-hybridized carbons (Fsp3) is 0.160. The van der Waals surface area contributed by atoms with Crippen LogP contribution in [0.5, 0.6) is 11.5 Å². The molecular formula is C25H20BrN3O7. The van der Waals surface area contributed by atoms with E-state index in [0.717, 1.165) is 10.6 Å². The van der Waals surface area contributed by atoms with Crippen LogP contribution in [0.15, 0.2) is 76.3 Å². The lowest BCUT2D eigenvalue weighted by molar-refractivity contribution is -0.384. The van der Waals surface area contributed by atoms with Crippen LogP contribution >= 0.6 is 15.9 Å². The number of ether oxygens (including phenoxy) is 3. The summed E-state index contributed by atoms with van der Waals surface area (Å²) in [6.07, 6.45) is -1.04. The smallest absolute Gasteiger partial charge is 0.308 e. The van der Waals surface area contributed by atoms with Crippen LogP contribution < -0.4 is 9.47 Å². The summed E-state index contributed by atoms with van der Waals surface area (Å²) >= 11 is 3.44. The number of benzene rings is 3. The molecule has 0 N–H and O–H groups in total. The molecule has 1 amide bonds. The highest BCUT2D eigenvalue weighted by Gasteiger charge is 2.37. The minimum atomic E-state index is -1.04. The Morgan fingerprint density at radius 1 is 1.08 bits per heavy atom. The number of nitro benzene ring substituents is 1. The summed E-state index contributed by atoms with van der Waals surface area (Å²) < 4.78 is 18.0. The first-order chi connectivity index (χ1) is 17.2. The van der Waals surface area contributed by atoms with E-state index in [1.54, 1.807) is 18.2 Å². The van der Waals surface area contributed by atoms with E-state index in [0.29, 0.717) is 15.8 Å². The van der Waals surface area contributed by atoms with E-state index in [9.17, 15) is 19.7 Å². The Morgan fingerprint density at radius 3 is 2.47 bits per heavy atom. The van der Waals surface area contributed by atoms with Crippen LogP contribution in [0.1, 0.15) is 36.8 Å². The van der Waals surface area contributed by atoms with Crippen molar-refractivity contribution in [3.63, 3.8) is 0 Å². The molecule has 1 aliphatic heterocycles. The Morgan fingerprint density at radius 2 is 1.81 bits per heavy atom. The van der Waals surface area contributed by atoms with E-state index < -0.39 is 23.0 Å². The summed E-state index contributed by atoms with van der Waals surface area (Å²) in [5.74, 6) is -0.736. The fourth-order valence-electron chi connectivity index (χ4n) is 3.50. The molecule has 10 nitrogen and oxygen atoms in total. The van der Waals surface area contributed by atoms with Crippen molar-refractivity contribution in [3.8, 4) is 11.5 Å².